The number of sulfonamides is 1. The predicted octanol–water partition coefficient (Wildman–Crippen LogP) is 2.13. The van der Waals surface area contributed by atoms with Crippen molar-refractivity contribution in [2.24, 2.45) is 5.92 Å². The lowest BCUT2D eigenvalue weighted by molar-refractivity contribution is -0.137. The van der Waals surface area contributed by atoms with Crippen molar-refractivity contribution in [3.8, 4) is 0 Å². The van der Waals surface area contributed by atoms with Gasteiger partial charge in [-0.15, -0.1) is 0 Å². The van der Waals surface area contributed by atoms with Gasteiger partial charge in [0.05, 0.1) is 4.90 Å². The van der Waals surface area contributed by atoms with Crippen molar-refractivity contribution in [2.75, 3.05) is 13.1 Å². The van der Waals surface area contributed by atoms with E-state index in [1.807, 2.05) is 0 Å². The summed E-state index contributed by atoms with van der Waals surface area (Å²) in [6, 6.07) is 4.66. The fourth-order valence-electron chi connectivity index (χ4n) is 2.47. The van der Waals surface area contributed by atoms with Crippen LogP contribution in [0.5, 0.6) is 0 Å². The van der Waals surface area contributed by atoms with E-state index < -0.39 is 16.0 Å². The van der Waals surface area contributed by atoms with E-state index in [1.54, 1.807) is 19.1 Å². The minimum atomic E-state index is -3.57. The topological polar surface area (TPSA) is 74.7 Å². The zero-order chi connectivity index (χ0) is 14.9. The molecule has 1 N–H and O–H groups in total. The summed E-state index contributed by atoms with van der Waals surface area (Å²) in [6.45, 7) is 2.32. The van der Waals surface area contributed by atoms with Gasteiger partial charge in [0.2, 0.25) is 10.0 Å². The quantitative estimate of drug-likeness (QED) is 0.923. The first-order chi connectivity index (χ1) is 9.30. The third-order valence-electron chi connectivity index (χ3n) is 3.47. The number of carboxylic acid groups (broad SMARTS) is 1. The van der Waals surface area contributed by atoms with Crippen molar-refractivity contribution in [1.82, 2.24) is 4.31 Å². The number of nitrogens with zero attached hydrogens (tertiary/aromatic N) is 1. The van der Waals surface area contributed by atoms with Gasteiger partial charge >= 0.3 is 5.97 Å². The molecular weight excluding hydrogens is 302 g/mol. The number of hydrogen-bond donors (Lipinski definition) is 1. The second-order valence-electron chi connectivity index (χ2n) is 5.03. The molecule has 1 saturated heterocycles. The fourth-order valence-corrected chi connectivity index (χ4v) is 4.43. The molecule has 1 aliphatic heterocycles. The van der Waals surface area contributed by atoms with Crippen LogP contribution in [0.25, 0.3) is 0 Å². The summed E-state index contributed by atoms with van der Waals surface area (Å²) in [4.78, 5) is 10.9. The molecule has 5 nitrogen and oxygen atoms in total. The molecule has 1 aromatic rings. The molecule has 1 heterocycles. The van der Waals surface area contributed by atoms with Crippen molar-refractivity contribution >= 4 is 27.6 Å². The van der Waals surface area contributed by atoms with Crippen LogP contribution < -0.4 is 0 Å². The van der Waals surface area contributed by atoms with Crippen molar-refractivity contribution in [2.45, 2.75) is 24.7 Å². The van der Waals surface area contributed by atoms with Gasteiger partial charge < -0.3 is 5.11 Å². The van der Waals surface area contributed by atoms with Gasteiger partial charge in [0.15, 0.2) is 0 Å². The monoisotopic (exact) mass is 317 g/mol. The summed E-state index contributed by atoms with van der Waals surface area (Å²) in [6.07, 6.45) is 0.587. The SMILES string of the molecule is Cc1cc(Cl)ccc1S(=O)(=O)N1CCC(CC(=O)O)C1. The van der Waals surface area contributed by atoms with Crippen LogP contribution in [-0.4, -0.2) is 36.9 Å². The Morgan fingerprint density at radius 3 is 2.80 bits per heavy atom. The standard InChI is InChI=1S/C13H16ClNO4S/c1-9-6-11(14)2-3-12(9)20(18,19)15-5-4-10(8-15)7-13(16)17/h2-3,6,10H,4-5,7-8H2,1H3,(H,16,17). The average molecular weight is 318 g/mol. The lowest BCUT2D eigenvalue weighted by atomic mass is 10.1. The van der Waals surface area contributed by atoms with Crippen LogP contribution in [0.1, 0.15) is 18.4 Å². The van der Waals surface area contributed by atoms with Gasteiger partial charge in [-0.3, -0.25) is 4.79 Å². The highest BCUT2D eigenvalue weighted by molar-refractivity contribution is 7.89. The molecule has 1 fully saturated rings. The first kappa shape index (κ1) is 15.3. The number of benzene rings is 1. The molecule has 0 aliphatic carbocycles. The molecule has 2 rings (SSSR count). The van der Waals surface area contributed by atoms with E-state index in [1.165, 1.54) is 10.4 Å². The van der Waals surface area contributed by atoms with E-state index in [9.17, 15) is 13.2 Å². The lowest BCUT2D eigenvalue weighted by Crippen LogP contribution is -2.29. The summed E-state index contributed by atoms with van der Waals surface area (Å²) in [7, 11) is -3.57. The number of aliphatic carboxylic acids is 1. The molecule has 1 aliphatic rings. The molecule has 0 amide bonds. The maximum absolute atomic E-state index is 12.5. The van der Waals surface area contributed by atoms with E-state index in [-0.39, 0.29) is 23.8 Å². The number of halogens is 1. The Hall–Kier alpha value is -1.11. The Labute approximate surface area is 123 Å². The number of aryl methyl sites for hydroxylation is 1. The van der Waals surface area contributed by atoms with E-state index in [0.29, 0.717) is 23.6 Å². The number of rotatable bonds is 4. The Balaban J connectivity index is 2.21. The molecule has 110 valence electrons. The smallest absolute Gasteiger partial charge is 0.303 e. The van der Waals surface area contributed by atoms with E-state index >= 15 is 0 Å². The normalized spacial score (nSPS) is 20.2. The summed E-state index contributed by atoms with van der Waals surface area (Å²) >= 11 is 5.83. The second-order valence-corrected chi connectivity index (χ2v) is 7.37. The third kappa shape index (κ3) is 3.13. The third-order valence-corrected chi connectivity index (χ3v) is 5.73. The van der Waals surface area contributed by atoms with E-state index in [0.717, 1.165) is 0 Å². The maximum atomic E-state index is 12.5. The predicted molar refractivity (Wildman–Crippen MR) is 75.3 cm³/mol. The Bertz CT molecular complexity index is 629. The van der Waals surface area contributed by atoms with Gasteiger partial charge in [0.1, 0.15) is 0 Å². The van der Waals surface area contributed by atoms with Gasteiger partial charge in [-0.2, -0.15) is 4.31 Å². The van der Waals surface area contributed by atoms with Crippen LogP contribution in [0.15, 0.2) is 23.1 Å². The second kappa shape index (κ2) is 5.71. The van der Waals surface area contributed by atoms with Crippen LogP contribution in [-0.2, 0) is 14.8 Å². The molecular formula is C13H16ClNO4S. The largest absolute Gasteiger partial charge is 0.481 e. The first-order valence-electron chi connectivity index (χ1n) is 6.29. The van der Waals surface area contributed by atoms with Crippen LogP contribution in [0.3, 0.4) is 0 Å². The molecule has 0 spiro atoms. The molecule has 0 saturated carbocycles. The van der Waals surface area contributed by atoms with Crippen LogP contribution in [0.4, 0.5) is 0 Å². The molecule has 1 aromatic carbocycles. The van der Waals surface area contributed by atoms with Crippen molar-refractivity contribution in [1.29, 1.82) is 0 Å². The van der Waals surface area contributed by atoms with Gasteiger partial charge in [-0.1, -0.05) is 11.6 Å². The lowest BCUT2D eigenvalue weighted by Gasteiger charge is -2.18. The van der Waals surface area contributed by atoms with Gasteiger partial charge in [-0.25, -0.2) is 8.42 Å². The summed E-state index contributed by atoms with van der Waals surface area (Å²) < 4.78 is 26.4. The highest BCUT2D eigenvalue weighted by Gasteiger charge is 2.34. The minimum absolute atomic E-state index is 0.00558. The molecule has 1 unspecified atom stereocenters. The maximum Gasteiger partial charge on any atom is 0.303 e. The van der Waals surface area contributed by atoms with E-state index in [2.05, 4.69) is 0 Å². The molecule has 0 bridgehead atoms. The highest BCUT2D eigenvalue weighted by atomic mass is 35.5. The zero-order valence-corrected chi connectivity index (χ0v) is 12.6. The van der Waals surface area contributed by atoms with Crippen molar-refractivity contribution in [3.05, 3.63) is 28.8 Å². The molecule has 7 heteroatoms. The van der Waals surface area contributed by atoms with Crippen LogP contribution in [0, 0.1) is 12.8 Å². The molecule has 20 heavy (non-hydrogen) atoms. The van der Waals surface area contributed by atoms with Crippen LogP contribution in [0.2, 0.25) is 5.02 Å². The summed E-state index contributed by atoms with van der Waals surface area (Å²) in [5.41, 5.74) is 0.596. The first-order valence-corrected chi connectivity index (χ1v) is 8.10. The zero-order valence-electron chi connectivity index (χ0n) is 11.0. The molecule has 0 radical (unpaired) electrons. The molecule has 1 atom stereocenters. The number of hydrogen-bond acceptors (Lipinski definition) is 3. The van der Waals surface area contributed by atoms with Gasteiger partial charge in [-0.05, 0) is 43.0 Å². The van der Waals surface area contributed by atoms with Crippen molar-refractivity contribution in [3.63, 3.8) is 0 Å². The van der Waals surface area contributed by atoms with Gasteiger partial charge in [0.25, 0.3) is 0 Å². The Kier molecular flexibility index (Phi) is 4.36. The number of carbonyl (C=O) groups is 1. The summed E-state index contributed by atoms with van der Waals surface area (Å²) in [5.74, 6) is -1.01. The highest BCUT2D eigenvalue weighted by Crippen LogP contribution is 2.28. The van der Waals surface area contributed by atoms with E-state index in [4.69, 9.17) is 16.7 Å². The van der Waals surface area contributed by atoms with Gasteiger partial charge in [0, 0.05) is 24.5 Å². The Morgan fingerprint density at radius 2 is 2.20 bits per heavy atom. The molecule has 0 aromatic heterocycles. The van der Waals surface area contributed by atoms with Crippen LogP contribution >= 0.6 is 11.6 Å². The minimum Gasteiger partial charge on any atom is -0.481 e. The Morgan fingerprint density at radius 1 is 1.50 bits per heavy atom. The van der Waals surface area contributed by atoms with Crippen molar-refractivity contribution < 1.29 is 18.3 Å². The average Bonchev–Trinajstić information content (AvgIpc) is 2.76. The fraction of sp³-hybridized carbons (Fsp3) is 0.462. The number of carboxylic acids is 1. The summed E-state index contributed by atoms with van der Waals surface area (Å²) in [5, 5.41) is 9.26.